The Morgan fingerprint density at radius 2 is 0.790 bits per heavy atom. The first-order valence-corrected chi connectivity index (χ1v) is 19.5. The van der Waals surface area contributed by atoms with Gasteiger partial charge in [0.2, 0.25) is 0 Å². The van der Waals surface area contributed by atoms with Gasteiger partial charge in [-0.3, -0.25) is 9.59 Å². The molecule has 8 rings (SSSR count). The second-order valence-corrected chi connectivity index (χ2v) is 14.4. The lowest BCUT2D eigenvalue weighted by Gasteiger charge is -2.09. The van der Waals surface area contributed by atoms with Gasteiger partial charge in [0.25, 0.3) is 0 Å². The van der Waals surface area contributed by atoms with Crippen LogP contribution in [0.4, 0.5) is 0 Å². The summed E-state index contributed by atoms with van der Waals surface area (Å²) >= 11 is 0. The van der Waals surface area contributed by atoms with Crippen molar-refractivity contribution in [2.24, 2.45) is 0 Å². The average molecular weight is 821 g/mol. The lowest BCUT2D eigenvalue weighted by molar-refractivity contribution is 0.0725. The third-order valence-corrected chi connectivity index (χ3v) is 10.1. The van der Waals surface area contributed by atoms with E-state index in [2.05, 4.69) is 0 Å². The number of Topliss-reactive ketones (excluding diaryl/α,β-unsaturated/α-hetero) is 2. The number of ether oxygens (including phenoxy) is 4. The fourth-order valence-electron chi connectivity index (χ4n) is 6.79. The number of carbonyl (C=O) groups excluding carboxylic acids is 5. The summed E-state index contributed by atoms with van der Waals surface area (Å²) in [7, 11) is 1.58. The van der Waals surface area contributed by atoms with Gasteiger partial charge in [0.15, 0.2) is 11.6 Å². The van der Waals surface area contributed by atoms with Gasteiger partial charge in [0.05, 0.1) is 23.8 Å². The Balaban J connectivity index is 0.841. The number of aromatic hydroxyl groups is 1. The number of rotatable bonds is 13. The minimum absolute atomic E-state index is 0.0454. The van der Waals surface area contributed by atoms with Gasteiger partial charge >= 0.3 is 17.9 Å². The highest BCUT2D eigenvalue weighted by atomic mass is 16.5. The number of esters is 3. The van der Waals surface area contributed by atoms with E-state index in [4.69, 9.17) is 18.9 Å². The second-order valence-electron chi connectivity index (χ2n) is 14.4. The summed E-state index contributed by atoms with van der Waals surface area (Å²) < 4.78 is 22.0. The van der Waals surface area contributed by atoms with Crippen molar-refractivity contribution in [3.05, 3.63) is 209 Å². The van der Waals surface area contributed by atoms with Crippen LogP contribution in [0, 0.1) is 0 Å². The molecule has 0 saturated heterocycles. The van der Waals surface area contributed by atoms with E-state index < -0.39 is 17.9 Å². The van der Waals surface area contributed by atoms with E-state index in [1.54, 1.807) is 159 Å². The van der Waals surface area contributed by atoms with Crippen LogP contribution in [-0.4, -0.2) is 41.7 Å². The van der Waals surface area contributed by atoms with Gasteiger partial charge in [0, 0.05) is 24.0 Å². The standard InChI is InChI=1S/C52H36O10/c1-59-44-18-5-32(6-19-44)25-48(54)34-14-22-46(23-15-34)61-52(58)42-12-10-38-31-47(24-16-36(38)28-42)62-50(56)40-4-2-3-39(29-40)49(55)26-33-7-20-45(21-8-33)60-51(57)41-11-9-37-30-43(53)17-13-35(37)27-41/h2-24,27-31,53H,25-26H2,1H3. The van der Waals surface area contributed by atoms with Crippen molar-refractivity contribution in [2.45, 2.75) is 12.8 Å². The third kappa shape index (κ3) is 9.56. The molecule has 0 atom stereocenters. The first-order valence-electron chi connectivity index (χ1n) is 19.5. The summed E-state index contributed by atoms with van der Waals surface area (Å²) in [5, 5.41) is 12.7. The first kappa shape index (κ1) is 40.4. The molecule has 10 nitrogen and oxygen atoms in total. The largest absolute Gasteiger partial charge is 0.508 e. The lowest BCUT2D eigenvalue weighted by atomic mass is 10.0. The molecule has 0 fully saturated rings. The summed E-state index contributed by atoms with van der Waals surface area (Å²) in [5.41, 5.74) is 3.22. The zero-order valence-electron chi connectivity index (χ0n) is 33.2. The van der Waals surface area contributed by atoms with Crippen molar-refractivity contribution in [2.75, 3.05) is 7.11 Å². The molecule has 62 heavy (non-hydrogen) atoms. The molecule has 0 bridgehead atoms. The van der Waals surface area contributed by atoms with E-state index in [9.17, 15) is 29.1 Å². The van der Waals surface area contributed by atoms with Gasteiger partial charge in [-0.15, -0.1) is 0 Å². The number of methoxy groups -OCH3 is 1. The van der Waals surface area contributed by atoms with Gasteiger partial charge in [-0.25, -0.2) is 14.4 Å². The van der Waals surface area contributed by atoms with Gasteiger partial charge < -0.3 is 24.1 Å². The summed E-state index contributed by atoms with van der Waals surface area (Å²) in [6, 6.07) is 46.5. The molecule has 0 aliphatic carbocycles. The molecule has 0 spiro atoms. The molecule has 304 valence electrons. The summed E-state index contributed by atoms with van der Waals surface area (Å²) in [5.74, 6) is -0.328. The Morgan fingerprint density at radius 3 is 1.37 bits per heavy atom. The summed E-state index contributed by atoms with van der Waals surface area (Å²) in [4.78, 5) is 65.1. The Hall–Kier alpha value is -8.37. The smallest absolute Gasteiger partial charge is 0.343 e. The number of ketones is 2. The normalized spacial score (nSPS) is 10.9. The molecule has 0 saturated carbocycles. The number of fused-ring (bicyclic) bond motifs is 2. The fraction of sp³-hybridized carbons (Fsp3) is 0.0577. The molecule has 1 N–H and O–H groups in total. The van der Waals surface area contributed by atoms with Gasteiger partial charge in [-0.05, 0) is 142 Å². The van der Waals surface area contributed by atoms with Crippen LogP contribution in [0.25, 0.3) is 21.5 Å². The highest BCUT2D eigenvalue weighted by molar-refractivity contribution is 6.02. The van der Waals surface area contributed by atoms with Crippen LogP contribution in [0.5, 0.6) is 28.7 Å². The zero-order chi connectivity index (χ0) is 43.2. The molecular weight excluding hydrogens is 785 g/mol. The van der Waals surface area contributed by atoms with Crippen LogP contribution in [0.1, 0.15) is 62.9 Å². The Kier molecular flexibility index (Phi) is 11.6. The van der Waals surface area contributed by atoms with E-state index in [1.807, 2.05) is 12.1 Å². The van der Waals surface area contributed by atoms with Crippen molar-refractivity contribution in [1.29, 1.82) is 0 Å². The minimum Gasteiger partial charge on any atom is -0.508 e. The van der Waals surface area contributed by atoms with Gasteiger partial charge in [-0.2, -0.15) is 0 Å². The monoisotopic (exact) mass is 820 g/mol. The Bertz CT molecular complexity index is 3010. The molecule has 0 amide bonds. The van der Waals surface area contributed by atoms with Crippen LogP contribution in [0.2, 0.25) is 0 Å². The molecule has 0 unspecified atom stereocenters. The van der Waals surface area contributed by atoms with E-state index in [0.717, 1.165) is 16.3 Å². The van der Waals surface area contributed by atoms with Crippen LogP contribution in [0.3, 0.4) is 0 Å². The van der Waals surface area contributed by atoms with Gasteiger partial charge in [-0.1, -0.05) is 60.7 Å². The van der Waals surface area contributed by atoms with E-state index in [1.165, 1.54) is 6.07 Å². The van der Waals surface area contributed by atoms with E-state index in [-0.39, 0.29) is 41.5 Å². The first-order chi connectivity index (χ1) is 30.1. The molecule has 0 aliphatic rings. The third-order valence-electron chi connectivity index (χ3n) is 10.1. The predicted molar refractivity (Wildman–Crippen MR) is 233 cm³/mol. The fourth-order valence-corrected chi connectivity index (χ4v) is 6.79. The van der Waals surface area contributed by atoms with Crippen molar-refractivity contribution >= 4 is 51.0 Å². The number of phenolic OH excluding ortho intramolecular Hbond substituents is 1. The highest BCUT2D eigenvalue weighted by Crippen LogP contribution is 2.26. The van der Waals surface area contributed by atoms with Crippen LogP contribution in [-0.2, 0) is 12.8 Å². The number of hydrogen-bond acceptors (Lipinski definition) is 10. The molecule has 0 aromatic heterocycles. The predicted octanol–water partition coefficient (Wildman–Crippen LogP) is 10.2. The number of hydrogen-bond donors (Lipinski definition) is 1. The average Bonchev–Trinajstić information content (AvgIpc) is 3.29. The van der Waals surface area contributed by atoms with Crippen LogP contribution in [0.15, 0.2) is 170 Å². The van der Waals surface area contributed by atoms with Crippen molar-refractivity contribution in [3.63, 3.8) is 0 Å². The molecule has 0 heterocycles. The maximum absolute atomic E-state index is 13.3. The quantitative estimate of drug-likeness (QED) is 0.0678. The number of benzene rings is 8. The van der Waals surface area contributed by atoms with E-state index >= 15 is 0 Å². The van der Waals surface area contributed by atoms with Crippen molar-refractivity contribution in [3.8, 4) is 28.7 Å². The van der Waals surface area contributed by atoms with Crippen molar-refractivity contribution in [1.82, 2.24) is 0 Å². The number of phenols is 1. The zero-order valence-corrected chi connectivity index (χ0v) is 33.2. The van der Waals surface area contributed by atoms with Crippen molar-refractivity contribution < 1.29 is 48.0 Å². The maximum Gasteiger partial charge on any atom is 0.343 e. The number of carbonyl (C=O) groups is 5. The Morgan fingerprint density at radius 1 is 0.387 bits per heavy atom. The van der Waals surface area contributed by atoms with E-state index in [0.29, 0.717) is 55.8 Å². The van der Waals surface area contributed by atoms with Crippen LogP contribution >= 0.6 is 0 Å². The minimum atomic E-state index is -0.650. The molecule has 8 aromatic rings. The molecule has 0 aliphatic heterocycles. The topological polar surface area (TPSA) is 142 Å². The SMILES string of the molecule is COc1ccc(CC(=O)c2ccc(OC(=O)c3ccc4cc(OC(=O)c5cccc(C(=O)Cc6ccc(OC(=O)c7ccc8cc(O)ccc8c7)cc6)c5)ccc4c3)cc2)cc1. The maximum atomic E-state index is 13.3. The molecular formula is C52H36O10. The lowest BCUT2D eigenvalue weighted by Crippen LogP contribution is -2.11. The van der Waals surface area contributed by atoms with Gasteiger partial charge in [0.1, 0.15) is 28.7 Å². The molecule has 10 heteroatoms. The highest BCUT2D eigenvalue weighted by Gasteiger charge is 2.16. The molecule has 0 radical (unpaired) electrons. The molecule has 8 aromatic carbocycles. The second kappa shape index (κ2) is 17.9. The summed E-state index contributed by atoms with van der Waals surface area (Å²) in [6.07, 6.45) is 0.268. The summed E-state index contributed by atoms with van der Waals surface area (Å²) in [6.45, 7) is 0. The Labute approximate surface area is 355 Å². The van der Waals surface area contributed by atoms with Crippen LogP contribution < -0.4 is 18.9 Å².